The molecule has 9 rings (SSSR count). The number of fused-ring (bicyclic) bond motifs is 7. The normalized spacial score (nSPS) is 54.9. The maximum atomic E-state index is 12.1. The third kappa shape index (κ3) is 10.2. The van der Waals surface area contributed by atoms with Crippen LogP contribution in [0.1, 0.15) is 92.4 Å². The Kier molecular flexibility index (Phi) is 17.4. The van der Waals surface area contributed by atoms with Gasteiger partial charge in [-0.15, -0.1) is 0 Å². The van der Waals surface area contributed by atoms with Crippen LogP contribution in [0.15, 0.2) is 11.6 Å². The van der Waals surface area contributed by atoms with Gasteiger partial charge in [0.2, 0.25) is 0 Å². The molecule has 0 spiro atoms. The van der Waals surface area contributed by atoms with Gasteiger partial charge in [0, 0.05) is 12.3 Å². The number of allylic oxidation sites excluding steroid dienone is 1. The molecule has 0 amide bonds. The molecule has 0 bridgehead atoms. The van der Waals surface area contributed by atoms with E-state index in [1.54, 1.807) is 0 Å². The van der Waals surface area contributed by atoms with Crippen molar-refractivity contribution in [3.63, 3.8) is 0 Å². The molecule has 8 fully saturated rings. The van der Waals surface area contributed by atoms with Crippen molar-refractivity contribution in [2.24, 2.45) is 46.3 Å². The fourth-order valence-corrected chi connectivity index (χ4v) is 15.0. The van der Waals surface area contributed by atoms with Gasteiger partial charge in [-0.25, -0.2) is 0 Å². The van der Waals surface area contributed by atoms with Crippen LogP contribution in [0, 0.1) is 46.3 Å². The Labute approximate surface area is 430 Å². The molecule has 14 unspecified atom stereocenters. The fraction of sp³-hybridized carbons (Fsp3) is 0.961. The third-order valence-corrected chi connectivity index (χ3v) is 19.5. The fourth-order valence-electron chi connectivity index (χ4n) is 15.0. The summed E-state index contributed by atoms with van der Waals surface area (Å²) < 4.78 is 54.4. The summed E-state index contributed by atoms with van der Waals surface area (Å²) in [6.07, 6.45) is -22.1. The molecule has 3 saturated carbocycles. The number of hydrogen-bond acceptors (Lipinski definition) is 23. The lowest BCUT2D eigenvalue weighted by Gasteiger charge is -2.58. The zero-order valence-corrected chi connectivity index (χ0v) is 42.9. The lowest BCUT2D eigenvalue weighted by Crippen LogP contribution is -2.67. The number of aliphatic hydroxyl groups excluding tert-OH is 13. The summed E-state index contributed by atoms with van der Waals surface area (Å²) in [5.41, 5.74) is 1.02. The number of ether oxygens (including phenoxy) is 9. The summed E-state index contributed by atoms with van der Waals surface area (Å²) >= 11 is 0. The van der Waals surface area contributed by atoms with Crippen LogP contribution in [0.4, 0.5) is 0 Å². The first kappa shape index (κ1) is 57.5. The molecule has 14 N–H and O–H groups in total. The van der Waals surface area contributed by atoms with Gasteiger partial charge in [0.05, 0.1) is 44.7 Å². The molecule has 5 heterocycles. The molecule has 0 aromatic carbocycles. The van der Waals surface area contributed by atoms with Crippen molar-refractivity contribution >= 4 is 0 Å². The average Bonchev–Trinajstić information content (AvgIpc) is 3.82. The van der Waals surface area contributed by atoms with Crippen molar-refractivity contribution in [2.45, 2.75) is 233 Å². The highest BCUT2D eigenvalue weighted by atomic mass is 16.8. The first-order chi connectivity index (χ1) is 35.0. The van der Waals surface area contributed by atoms with Gasteiger partial charge in [0.25, 0.3) is 0 Å². The second kappa shape index (κ2) is 22.4. The summed E-state index contributed by atoms with van der Waals surface area (Å²) in [5.74, 6) is -0.310. The van der Waals surface area contributed by atoms with Crippen molar-refractivity contribution in [1.82, 2.24) is 0 Å². The molecule has 31 atom stereocenters. The number of hydrogen-bond donors (Lipinski definition) is 14. The monoisotopic (exact) mass is 1060 g/mol. The second-order valence-electron chi connectivity index (χ2n) is 23.8. The summed E-state index contributed by atoms with van der Waals surface area (Å²) in [6.45, 7) is 8.35. The SMILES string of the molecule is CC1O[C@@H](OC2C(O)[C@H](O[C@@H]3OC(CO)[C@@H](O)C(O)C3O)C(CO)O[C@H]2O[C@H]2CC[C@@]3(C)C(=CC[C@H]4[C@@H]5CC6OC(O)(CC[C@@H](C)CO[C@@H]7OC(CO)[C@@H](O)C(O)C7O)[C@@H](C)[C@H]6[C@@]5(C)CC[C@@H]43)C2)C(O)C(O)[C@H]1O. The van der Waals surface area contributed by atoms with Crippen LogP contribution >= 0.6 is 0 Å². The van der Waals surface area contributed by atoms with Crippen LogP contribution in [0.5, 0.6) is 0 Å². The summed E-state index contributed by atoms with van der Waals surface area (Å²) in [5, 5.41) is 148. The Morgan fingerprint density at radius 3 is 1.86 bits per heavy atom. The third-order valence-electron chi connectivity index (χ3n) is 19.5. The van der Waals surface area contributed by atoms with E-state index in [4.69, 9.17) is 42.6 Å². The van der Waals surface area contributed by atoms with Crippen molar-refractivity contribution < 1.29 is 114 Å². The molecule has 5 saturated heterocycles. The largest absolute Gasteiger partial charge is 0.394 e. The lowest BCUT2D eigenvalue weighted by atomic mass is 9.47. The maximum Gasteiger partial charge on any atom is 0.187 e. The van der Waals surface area contributed by atoms with Crippen LogP contribution in [0.2, 0.25) is 0 Å². The van der Waals surface area contributed by atoms with Gasteiger partial charge in [-0.05, 0) is 98.7 Å². The minimum absolute atomic E-state index is 0.0705. The molecule has 4 aliphatic carbocycles. The summed E-state index contributed by atoms with van der Waals surface area (Å²) in [6, 6.07) is 0. The Balaban J connectivity index is 0.849. The number of aliphatic hydroxyl groups is 14. The van der Waals surface area contributed by atoms with Crippen LogP contribution in [-0.4, -0.2) is 239 Å². The second-order valence-corrected chi connectivity index (χ2v) is 23.8. The molecule has 0 aromatic rings. The van der Waals surface area contributed by atoms with E-state index >= 15 is 0 Å². The minimum atomic E-state index is -1.85. The predicted octanol–water partition coefficient (Wildman–Crippen LogP) is -3.01. The van der Waals surface area contributed by atoms with Gasteiger partial charge in [-0.2, -0.15) is 0 Å². The molecular formula is C51H84O23. The maximum absolute atomic E-state index is 12.1. The highest BCUT2D eigenvalue weighted by molar-refractivity contribution is 5.26. The molecular weight excluding hydrogens is 981 g/mol. The van der Waals surface area contributed by atoms with E-state index in [0.29, 0.717) is 43.4 Å². The standard InChI is InChI=1S/C51H84O23/c1-20(19-66-45-39(61)37(59)34(56)29(16-52)69-45)8-13-51(65)21(2)32-28(74-51)15-27-25-7-6-23-14-24(9-11-49(23,4)26(25)10-12-50(27,32)5)68-48-44(73-46-40(62)36(58)33(55)22(3)67-46)42(64)43(31(18-54)71-48)72-47-41(63)38(60)35(57)30(17-53)70-47/h6,20-22,24-48,52-65H,7-19H2,1-5H3/t20-,21+,22?,24+,25-,26+,27+,28?,29?,30?,31?,32-,33+,34-,35-,36?,37?,38?,39?,40?,41?,42?,43-,44?,45-,46+,47+,48-,49+,50+,51?/m1/s1. The molecule has 74 heavy (non-hydrogen) atoms. The molecule has 0 aromatic heterocycles. The topological polar surface area (TPSA) is 366 Å². The van der Waals surface area contributed by atoms with E-state index in [-0.39, 0.29) is 41.3 Å². The average molecular weight is 1070 g/mol. The van der Waals surface area contributed by atoms with Crippen molar-refractivity contribution in [3.8, 4) is 0 Å². The van der Waals surface area contributed by atoms with Crippen molar-refractivity contribution in [1.29, 1.82) is 0 Å². The van der Waals surface area contributed by atoms with Gasteiger partial charge < -0.3 is 114 Å². The molecule has 9 aliphatic rings. The van der Waals surface area contributed by atoms with E-state index in [0.717, 1.165) is 32.1 Å². The Morgan fingerprint density at radius 2 is 1.22 bits per heavy atom. The van der Waals surface area contributed by atoms with Crippen LogP contribution in [0.3, 0.4) is 0 Å². The molecule has 5 aliphatic heterocycles. The quantitative estimate of drug-likeness (QED) is 0.0727. The van der Waals surface area contributed by atoms with Gasteiger partial charge in [0.1, 0.15) is 91.6 Å². The Morgan fingerprint density at radius 1 is 0.635 bits per heavy atom. The molecule has 426 valence electrons. The molecule has 23 heteroatoms. The van der Waals surface area contributed by atoms with Crippen molar-refractivity contribution in [2.75, 3.05) is 26.4 Å². The Bertz CT molecular complexity index is 1920. The van der Waals surface area contributed by atoms with E-state index < -0.39 is 155 Å². The zero-order valence-electron chi connectivity index (χ0n) is 42.9. The first-order valence-electron chi connectivity index (χ1n) is 26.9. The molecule has 0 radical (unpaired) electrons. The lowest BCUT2D eigenvalue weighted by molar-refractivity contribution is -0.389. The summed E-state index contributed by atoms with van der Waals surface area (Å²) in [4.78, 5) is 0. The smallest absolute Gasteiger partial charge is 0.187 e. The van der Waals surface area contributed by atoms with E-state index in [1.165, 1.54) is 12.5 Å². The highest BCUT2D eigenvalue weighted by Crippen LogP contribution is 2.70. The van der Waals surface area contributed by atoms with Gasteiger partial charge in [0.15, 0.2) is 30.9 Å². The van der Waals surface area contributed by atoms with Gasteiger partial charge >= 0.3 is 0 Å². The molecule has 23 nitrogen and oxygen atoms in total. The van der Waals surface area contributed by atoms with E-state index in [1.807, 2.05) is 6.92 Å². The highest BCUT2D eigenvalue weighted by Gasteiger charge is 2.68. The van der Waals surface area contributed by atoms with Gasteiger partial charge in [-0.1, -0.05) is 39.3 Å². The van der Waals surface area contributed by atoms with E-state index in [9.17, 15) is 71.5 Å². The van der Waals surface area contributed by atoms with Gasteiger partial charge in [-0.3, -0.25) is 0 Å². The van der Waals surface area contributed by atoms with E-state index in [2.05, 4.69) is 26.8 Å². The zero-order chi connectivity index (χ0) is 53.5. The summed E-state index contributed by atoms with van der Waals surface area (Å²) in [7, 11) is 0. The van der Waals surface area contributed by atoms with Crippen molar-refractivity contribution in [3.05, 3.63) is 11.6 Å². The Hall–Kier alpha value is -1.18. The first-order valence-corrected chi connectivity index (χ1v) is 26.9. The van der Waals surface area contributed by atoms with Crippen LogP contribution < -0.4 is 0 Å². The van der Waals surface area contributed by atoms with Crippen LogP contribution in [-0.2, 0) is 42.6 Å². The predicted molar refractivity (Wildman–Crippen MR) is 250 cm³/mol. The van der Waals surface area contributed by atoms with Crippen LogP contribution in [0.25, 0.3) is 0 Å². The number of rotatable bonds is 15. The minimum Gasteiger partial charge on any atom is -0.394 e.